The van der Waals surface area contributed by atoms with Gasteiger partial charge in [0.25, 0.3) is 5.91 Å². The molecule has 0 saturated heterocycles. The van der Waals surface area contributed by atoms with Gasteiger partial charge in [-0.15, -0.1) is 0 Å². The number of carbonyl (C=O) groups excluding carboxylic acids is 3. The van der Waals surface area contributed by atoms with E-state index in [1.165, 1.54) is 0 Å². The Kier molecular flexibility index (Phi) is 8.08. The lowest BCUT2D eigenvalue weighted by molar-refractivity contribution is -0.148. The maximum Gasteiger partial charge on any atom is 0.306 e. The number of benzene rings is 2. The molecule has 1 unspecified atom stereocenters. The van der Waals surface area contributed by atoms with Crippen LogP contribution in [-0.4, -0.2) is 37.7 Å². The highest BCUT2D eigenvalue weighted by Crippen LogP contribution is 2.34. The highest BCUT2D eigenvalue weighted by molar-refractivity contribution is 5.97. The zero-order valence-electron chi connectivity index (χ0n) is 18.2. The second kappa shape index (κ2) is 11.2. The molecule has 0 aliphatic carbocycles. The molecule has 0 bridgehead atoms. The predicted molar refractivity (Wildman–Crippen MR) is 116 cm³/mol. The Morgan fingerprint density at radius 1 is 1.03 bits per heavy atom. The van der Waals surface area contributed by atoms with Crippen LogP contribution < -0.4 is 19.5 Å². The zero-order chi connectivity index (χ0) is 22.9. The van der Waals surface area contributed by atoms with E-state index in [-0.39, 0.29) is 31.5 Å². The van der Waals surface area contributed by atoms with Crippen LogP contribution >= 0.6 is 0 Å². The molecular formula is C24H27NO7. The molecule has 170 valence electrons. The van der Waals surface area contributed by atoms with Crippen LogP contribution in [0.1, 0.15) is 55.1 Å². The number of esters is 1. The summed E-state index contributed by atoms with van der Waals surface area (Å²) < 4.78 is 21.1. The fourth-order valence-electron chi connectivity index (χ4n) is 3.08. The van der Waals surface area contributed by atoms with Gasteiger partial charge in [-0.2, -0.15) is 0 Å². The maximum atomic E-state index is 12.2. The van der Waals surface area contributed by atoms with Crippen molar-refractivity contribution >= 4 is 17.7 Å². The molecule has 0 aromatic heterocycles. The van der Waals surface area contributed by atoms with E-state index in [4.69, 9.17) is 18.9 Å². The number of rotatable bonds is 11. The summed E-state index contributed by atoms with van der Waals surface area (Å²) in [5.74, 6) is 0.776. The molecule has 1 N–H and O–H groups in total. The summed E-state index contributed by atoms with van der Waals surface area (Å²) in [6.45, 7) is 4.21. The van der Waals surface area contributed by atoms with Gasteiger partial charge in [0.1, 0.15) is 5.75 Å². The van der Waals surface area contributed by atoms with E-state index >= 15 is 0 Å². The normalized spacial score (nSPS) is 12.7. The van der Waals surface area contributed by atoms with E-state index in [1.54, 1.807) is 36.4 Å². The van der Waals surface area contributed by atoms with Crippen LogP contribution in [0, 0.1) is 0 Å². The largest absolute Gasteiger partial charge is 0.494 e. The van der Waals surface area contributed by atoms with Crippen LogP contribution in [-0.2, 0) is 14.3 Å². The van der Waals surface area contributed by atoms with Crippen LogP contribution in [0.25, 0.3) is 0 Å². The fraction of sp³-hybridized carbons (Fsp3) is 0.375. The third kappa shape index (κ3) is 6.47. The van der Waals surface area contributed by atoms with Crippen molar-refractivity contribution in [2.75, 3.05) is 20.0 Å². The highest BCUT2D eigenvalue weighted by atomic mass is 16.7. The molecule has 1 heterocycles. The van der Waals surface area contributed by atoms with E-state index in [9.17, 15) is 14.4 Å². The lowest BCUT2D eigenvalue weighted by Crippen LogP contribution is -2.31. The molecule has 0 saturated carbocycles. The van der Waals surface area contributed by atoms with Crippen molar-refractivity contribution < 1.29 is 33.3 Å². The summed E-state index contributed by atoms with van der Waals surface area (Å²) in [7, 11) is 0. The Morgan fingerprint density at radius 2 is 1.78 bits per heavy atom. The minimum absolute atomic E-state index is 0.00319. The number of fused-ring (bicyclic) bond motifs is 1. The molecule has 1 amide bonds. The molecule has 8 nitrogen and oxygen atoms in total. The number of carbonyl (C=O) groups is 3. The van der Waals surface area contributed by atoms with E-state index in [2.05, 4.69) is 5.32 Å². The summed E-state index contributed by atoms with van der Waals surface area (Å²) in [4.78, 5) is 36.3. The number of hydrogen-bond acceptors (Lipinski definition) is 7. The first kappa shape index (κ1) is 23.1. The molecule has 0 radical (unpaired) electrons. The van der Waals surface area contributed by atoms with Gasteiger partial charge in [-0.1, -0.05) is 13.0 Å². The number of amides is 1. The van der Waals surface area contributed by atoms with Gasteiger partial charge in [0.05, 0.1) is 19.1 Å². The minimum atomic E-state index is -0.605. The molecule has 0 fully saturated rings. The second-order valence-electron chi connectivity index (χ2n) is 7.36. The molecule has 1 aliphatic heterocycles. The average Bonchev–Trinajstić information content (AvgIpc) is 3.28. The Balaban J connectivity index is 1.37. The van der Waals surface area contributed by atoms with Crippen LogP contribution in [0.3, 0.4) is 0 Å². The van der Waals surface area contributed by atoms with Crippen LogP contribution in [0.4, 0.5) is 0 Å². The van der Waals surface area contributed by atoms with E-state index in [0.717, 1.165) is 12.0 Å². The van der Waals surface area contributed by atoms with Crippen LogP contribution in [0.15, 0.2) is 42.5 Å². The second-order valence-corrected chi connectivity index (χ2v) is 7.36. The SMILES string of the molecule is CCCOc1ccc(C(=O)CCC(=O)OCC(=O)NC(C)c2ccc3c(c2)OCO3)cc1. The number of Topliss-reactive ketones (excluding diaryl/α,β-unsaturated/α-hetero) is 1. The van der Waals surface area contributed by atoms with Gasteiger partial charge < -0.3 is 24.3 Å². The third-order valence-corrected chi connectivity index (χ3v) is 4.84. The van der Waals surface area contributed by atoms with Crippen molar-refractivity contribution in [3.8, 4) is 17.2 Å². The molecule has 3 rings (SSSR count). The van der Waals surface area contributed by atoms with Gasteiger partial charge in [0.2, 0.25) is 6.79 Å². The molecule has 0 spiro atoms. The molecule has 1 atom stereocenters. The Morgan fingerprint density at radius 3 is 2.53 bits per heavy atom. The maximum absolute atomic E-state index is 12.2. The van der Waals surface area contributed by atoms with E-state index in [1.807, 2.05) is 19.9 Å². The van der Waals surface area contributed by atoms with E-state index < -0.39 is 18.5 Å². The fourth-order valence-corrected chi connectivity index (χ4v) is 3.08. The minimum Gasteiger partial charge on any atom is -0.494 e. The van der Waals surface area contributed by atoms with Crippen LogP contribution in [0.2, 0.25) is 0 Å². The first-order chi connectivity index (χ1) is 15.5. The molecule has 32 heavy (non-hydrogen) atoms. The van der Waals surface area contributed by atoms with Gasteiger partial charge in [-0.3, -0.25) is 14.4 Å². The molecular weight excluding hydrogens is 414 g/mol. The lowest BCUT2D eigenvalue weighted by atomic mass is 10.1. The van der Waals surface area contributed by atoms with Crippen LogP contribution in [0.5, 0.6) is 17.2 Å². The van der Waals surface area contributed by atoms with Gasteiger partial charge in [-0.25, -0.2) is 0 Å². The lowest BCUT2D eigenvalue weighted by Gasteiger charge is -2.15. The van der Waals surface area contributed by atoms with Crippen molar-refractivity contribution in [1.82, 2.24) is 5.32 Å². The van der Waals surface area contributed by atoms with Crippen molar-refractivity contribution in [3.63, 3.8) is 0 Å². The Labute approximate surface area is 186 Å². The van der Waals surface area contributed by atoms with Gasteiger partial charge in [0.15, 0.2) is 23.9 Å². The first-order valence-electron chi connectivity index (χ1n) is 10.6. The topological polar surface area (TPSA) is 100 Å². The molecule has 1 aliphatic rings. The smallest absolute Gasteiger partial charge is 0.306 e. The summed E-state index contributed by atoms with van der Waals surface area (Å²) in [5, 5.41) is 2.76. The molecule has 8 heteroatoms. The number of nitrogens with one attached hydrogen (secondary N) is 1. The van der Waals surface area contributed by atoms with E-state index in [0.29, 0.717) is 29.4 Å². The highest BCUT2D eigenvalue weighted by Gasteiger charge is 2.18. The third-order valence-electron chi connectivity index (χ3n) is 4.84. The summed E-state index contributed by atoms with van der Waals surface area (Å²) in [5.41, 5.74) is 1.34. The quantitative estimate of drug-likeness (QED) is 0.420. The molecule has 2 aromatic rings. The zero-order valence-corrected chi connectivity index (χ0v) is 18.2. The number of ether oxygens (including phenoxy) is 4. The summed E-state index contributed by atoms with van der Waals surface area (Å²) >= 11 is 0. The molecule has 2 aromatic carbocycles. The first-order valence-corrected chi connectivity index (χ1v) is 10.6. The van der Waals surface area contributed by atoms with Gasteiger partial charge in [0, 0.05) is 12.0 Å². The van der Waals surface area contributed by atoms with Gasteiger partial charge in [-0.05, 0) is 55.3 Å². The summed E-state index contributed by atoms with van der Waals surface area (Å²) in [6, 6.07) is 11.9. The van der Waals surface area contributed by atoms with Gasteiger partial charge >= 0.3 is 5.97 Å². The number of hydrogen-bond donors (Lipinski definition) is 1. The van der Waals surface area contributed by atoms with Crippen molar-refractivity contribution in [1.29, 1.82) is 0 Å². The predicted octanol–water partition coefficient (Wildman–Crippen LogP) is 3.59. The Bertz CT molecular complexity index is 955. The van der Waals surface area contributed by atoms with Crippen molar-refractivity contribution in [3.05, 3.63) is 53.6 Å². The van der Waals surface area contributed by atoms with Crippen molar-refractivity contribution in [2.24, 2.45) is 0 Å². The average molecular weight is 441 g/mol. The number of ketones is 1. The Hall–Kier alpha value is -3.55. The van der Waals surface area contributed by atoms with Crippen molar-refractivity contribution in [2.45, 2.75) is 39.2 Å². The standard InChI is InChI=1S/C24H27NO7/c1-3-12-29-19-7-4-17(5-8-19)20(26)9-11-24(28)30-14-23(27)25-16(2)18-6-10-21-22(13-18)32-15-31-21/h4-8,10,13,16H,3,9,11-12,14-15H2,1-2H3,(H,25,27). The summed E-state index contributed by atoms with van der Waals surface area (Å²) in [6.07, 6.45) is 0.805. The monoisotopic (exact) mass is 441 g/mol.